The number of hydrogen-bond acceptors (Lipinski definition) is 1. The molecule has 0 aliphatic heterocycles. The van der Waals surface area contributed by atoms with Gasteiger partial charge in [-0.25, -0.2) is 4.79 Å². The van der Waals surface area contributed by atoms with Crippen molar-refractivity contribution in [1.82, 2.24) is 0 Å². The van der Waals surface area contributed by atoms with E-state index in [-0.39, 0.29) is 5.56 Å². The highest BCUT2D eigenvalue weighted by Gasteiger charge is 1.99. The van der Waals surface area contributed by atoms with E-state index in [1.165, 1.54) is 12.1 Å². The van der Waals surface area contributed by atoms with Crippen LogP contribution < -0.4 is 0 Å². The van der Waals surface area contributed by atoms with Crippen molar-refractivity contribution in [3.8, 4) is 0 Å². The van der Waals surface area contributed by atoms with Crippen LogP contribution in [0.15, 0.2) is 24.3 Å². The van der Waals surface area contributed by atoms with Gasteiger partial charge in [-0.05, 0) is 24.6 Å². The summed E-state index contributed by atoms with van der Waals surface area (Å²) in [6.45, 7) is 3.60. The quantitative estimate of drug-likeness (QED) is 0.634. The number of rotatable bonds is 1. The molecule has 2 nitrogen and oxygen atoms in total. The van der Waals surface area contributed by atoms with E-state index in [0.29, 0.717) is 0 Å². The molecule has 10 heavy (non-hydrogen) atoms. The third-order valence-corrected chi connectivity index (χ3v) is 1.17. The number of hydrogen-bond donors (Lipinski definition) is 1. The van der Waals surface area contributed by atoms with Gasteiger partial charge in [-0.15, -0.1) is 0 Å². The van der Waals surface area contributed by atoms with Gasteiger partial charge in [0.25, 0.3) is 0 Å². The first-order valence-corrected chi connectivity index (χ1v) is 2.85. The molecule has 1 N–H and O–H groups in total. The van der Waals surface area contributed by atoms with Gasteiger partial charge in [-0.3, -0.25) is 0 Å². The van der Waals surface area contributed by atoms with Crippen LogP contribution in [0.5, 0.6) is 0 Å². The Kier molecular flexibility index (Phi) is 1.71. The SMILES string of the molecule is [CH2]c1cccc(C(=O)O)c1. The molecule has 0 aromatic heterocycles. The van der Waals surface area contributed by atoms with Crippen LogP contribution in [0.2, 0.25) is 0 Å². The molecular formula is C8H7O2. The van der Waals surface area contributed by atoms with Crippen LogP contribution in [0.1, 0.15) is 15.9 Å². The predicted molar refractivity (Wildman–Crippen MR) is 37.9 cm³/mol. The molecule has 1 rings (SSSR count). The first-order chi connectivity index (χ1) is 4.70. The first kappa shape index (κ1) is 6.81. The minimum absolute atomic E-state index is 0.285. The lowest BCUT2D eigenvalue weighted by Gasteiger charge is -1.93. The van der Waals surface area contributed by atoms with Crippen LogP contribution in [0, 0.1) is 6.92 Å². The molecule has 0 saturated heterocycles. The Bertz CT molecular complexity index is 253. The third-order valence-electron chi connectivity index (χ3n) is 1.17. The number of aromatic carboxylic acids is 1. The van der Waals surface area contributed by atoms with Crippen molar-refractivity contribution in [2.24, 2.45) is 0 Å². The maximum atomic E-state index is 10.3. The summed E-state index contributed by atoms with van der Waals surface area (Å²) < 4.78 is 0. The molecule has 1 radical (unpaired) electrons. The zero-order chi connectivity index (χ0) is 7.56. The summed E-state index contributed by atoms with van der Waals surface area (Å²) in [7, 11) is 0. The van der Waals surface area contributed by atoms with E-state index >= 15 is 0 Å². The molecule has 0 spiro atoms. The van der Waals surface area contributed by atoms with Crippen molar-refractivity contribution >= 4 is 5.97 Å². The fraction of sp³-hybridized carbons (Fsp3) is 0. The van der Waals surface area contributed by atoms with Crippen molar-refractivity contribution in [3.63, 3.8) is 0 Å². The van der Waals surface area contributed by atoms with Gasteiger partial charge < -0.3 is 5.11 Å². The number of carboxylic acid groups (broad SMARTS) is 1. The molecule has 0 saturated carbocycles. The Morgan fingerprint density at radius 1 is 1.50 bits per heavy atom. The fourth-order valence-electron chi connectivity index (χ4n) is 0.704. The lowest BCUT2D eigenvalue weighted by Crippen LogP contribution is -1.95. The summed E-state index contributed by atoms with van der Waals surface area (Å²) in [5, 5.41) is 8.48. The van der Waals surface area contributed by atoms with Crippen LogP contribution in [-0.2, 0) is 0 Å². The maximum Gasteiger partial charge on any atom is 0.335 e. The summed E-state index contributed by atoms with van der Waals surface area (Å²) >= 11 is 0. The lowest BCUT2D eigenvalue weighted by molar-refractivity contribution is 0.0697. The summed E-state index contributed by atoms with van der Waals surface area (Å²) in [4.78, 5) is 10.3. The van der Waals surface area contributed by atoms with E-state index in [1.807, 2.05) is 0 Å². The molecule has 0 heterocycles. The number of carboxylic acids is 1. The predicted octanol–water partition coefficient (Wildman–Crippen LogP) is 1.57. The van der Waals surface area contributed by atoms with Gasteiger partial charge in [-0.2, -0.15) is 0 Å². The molecule has 0 aliphatic carbocycles. The normalized spacial score (nSPS) is 9.30. The fourth-order valence-corrected chi connectivity index (χ4v) is 0.704. The Labute approximate surface area is 59.1 Å². The summed E-state index contributed by atoms with van der Waals surface area (Å²) in [5.41, 5.74) is 1.01. The van der Waals surface area contributed by atoms with Crippen LogP contribution in [0.3, 0.4) is 0 Å². The van der Waals surface area contributed by atoms with Gasteiger partial charge >= 0.3 is 5.97 Å². The molecular weight excluding hydrogens is 128 g/mol. The van der Waals surface area contributed by atoms with Gasteiger partial charge in [0.15, 0.2) is 0 Å². The average molecular weight is 135 g/mol. The molecule has 0 aliphatic rings. The Balaban J connectivity index is 3.07. The lowest BCUT2D eigenvalue weighted by atomic mass is 10.1. The van der Waals surface area contributed by atoms with E-state index in [9.17, 15) is 4.79 Å². The van der Waals surface area contributed by atoms with E-state index in [4.69, 9.17) is 5.11 Å². The molecule has 1 aromatic carbocycles. The Hall–Kier alpha value is -1.31. The summed E-state index contributed by atoms with van der Waals surface area (Å²) in [5.74, 6) is -0.912. The van der Waals surface area contributed by atoms with E-state index < -0.39 is 5.97 Å². The molecule has 0 fully saturated rings. The molecule has 0 bridgehead atoms. The average Bonchev–Trinajstić information content (AvgIpc) is 1.88. The highest BCUT2D eigenvalue weighted by atomic mass is 16.4. The largest absolute Gasteiger partial charge is 0.478 e. The van der Waals surface area contributed by atoms with Crippen molar-refractivity contribution < 1.29 is 9.90 Å². The second-order valence-corrected chi connectivity index (χ2v) is 2.01. The molecule has 0 unspecified atom stereocenters. The van der Waals surface area contributed by atoms with Gasteiger partial charge in [0.05, 0.1) is 5.56 Å². The molecule has 51 valence electrons. The van der Waals surface area contributed by atoms with Crippen molar-refractivity contribution in [1.29, 1.82) is 0 Å². The van der Waals surface area contributed by atoms with Crippen molar-refractivity contribution in [2.45, 2.75) is 0 Å². The molecule has 0 atom stereocenters. The number of carbonyl (C=O) groups is 1. The Morgan fingerprint density at radius 3 is 2.60 bits per heavy atom. The van der Waals surface area contributed by atoms with Gasteiger partial charge in [0, 0.05) is 0 Å². The van der Waals surface area contributed by atoms with E-state index in [0.717, 1.165) is 5.56 Å². The second kappa shape index (κ2) is 2.52. The first-order valence-electron chi connectivity index (χ1n) is 2.85. The zero-order valence-corrected chi connectivity index (χ0v) is 5.37. The Morgan fingerprint density at radius 2 is 2.20 bits per heavy atom. The topological polar surface area (TPSA) is 37.3 Å². The molecule has 1 aromatic rings. The summed E-state index contributed by atoms with van der Waals surface area (Å²) in [6, 6.07) is 6.50. The zero-order valence-electron chi connectivity index (χ0n) is 5.37. The summed E-state index contributed by atoms with van der Waals surface area (Å²) in [6.07, 6.45) is 0. The van der Waals surface area contributed by atoms with E-state index in [2.05, 4.69) is 6.92 Å². The standard InChI is InChI=1S/C8H7O2/c1-6-3-2-4-7(5-6)8(9)10/h2-5H,1H2,(H,9,10). The van der Waals surface area contributed by atoms with Gasteiger partial charge in [0.1, 0.15) is 0 Å². The highest BCUT2D eigenvalue weighted by molar-refractivity contribution is 5.87. The highest BCUT2D eigenvalue weighted by Crippen LogP contribution is 2.02. The number of benzene rings is 1. The van der Waals surface area contributed by atoms with Crippen LogP contribution in [-0.4, -0.2) is 11.1 Å². The third kappa shape index (κ3) is 1.35. The monoisotopic (exact) mass is 135 g/mol. The maximum absolute atomic E-state index is 10.3. The van der Waals surface area contributed by atoms with Crippen LogP contribution in [0.4, 0.5) is 0 Å². The second-order valence-electron chi connectivity index (χ2n) is 2.01. The van der Waals surface area contributed by atoms with Crippen molar-refractivity contribution in [3.05, 3.63) is 42.3 Å². The molecule has 2 heteroatoms. The minimum atomic E-state index is -0.912. The van der Waals surface area contributed by atoms with Crippen LogP contribution in [0.25, 0.3) is 0 Å². The van der Waals surface area contributed by atoms with Gasteiger partial charge in [-0.1, -0.05) is 12.1 Å². The van der Waals surface area contributed by atoms with Gasteiger partial charge in [0.2, 0.25) is 0 Å². The van der Waals surface area contributed by atoms with Crippen molar-refractivity contribution in [2.75, 3.05) is 0 Å². The van der Waals surface area contributed by atoms with E-state index in [1.54, 1.807) is 12.1 Å². The molecule has 0 amide bonds. The minimum Gasteiger partial charge on any atom is -0.478 e. The smallest absolute Gasteiger partial charge is 0.335 e. The van der Waals surface area contributed by atoms with Crippen LogP contribution >= 0.6 is 0 Å².